The average Bonchev–Trinajstić information content (AvgIpc) is 3.50. The minimum atomic E-state index is -2.08. The fourth-order valence-electron chi connectivity index (χ4n) is 3.79. The smallest absolute Gasteiger partial charge is 0.407 e. The molecule has 2 aliphatic rings. The van der Waals surface area contributed by atoms with Crippen LogP contribution in [0.2, 0.25) is 0 Å². The van der Waals surface area contributed by atoms with Gasteiger partial charge >= 0.3 is 30.0 Å². The van der Waals surface area contributed by atoms with Gasteiger partial charge in [-0.15, -0.1) is 0 Å². The number of hydrogen-bond donors (Lipinski definition) is 1. The molecular formula is C21H30N4O12. The first-order valence-corrected chi connectivity index (χ1v) is 11.1. The molecule has 0 spiro atoms. The number of carbonyl (C=O) groups is 5. The Morgan fingerprint density at radius 3 is 2.16 bits per heavy atom. The lowest BCUT2D eigenvalue weighted by Gasteiger charge is -2.41. The van der Waals surface area contributed by atoms with E-state index < -0.39 is 84.5 Å². The highest BCUT2D eigenvalue weighted by Gasteiger charge is 2.75. The summed E-state index contributed by atoms with van der Waals surface area (Å²) in [5.41, 5.74) is 8.28. The molecule has 0 aromatic rings. The Labute approximate surface area is 211 Å². The molecule has 0 unspecified atom stereocenters. The molecule has 16 nitrogen and oxygen atoms in total. The monoisotopic (exact) mass is 530 g/mol. The molecule has 2 heterocycles. The van der Waals surface area contributed by atoms with E-state index in [1.165, 1.54) is 0 Å². The predicted octanol–water partition coefficient (Wildman–Crippen LogP) is 0.652. The van der Waals surface area contributed by atoms with E-state index in [-0.39, 0.29) is 0 Å². The van der Waals surface area contributed by atoms with Crippen molar-refractivity contribution in [2.45, 2.75) is 89.4 Å². The summed E-state index contributed by atoms with van der Waals surface area (Å²) in [6, 6.07) is -2.66. The number of amides is 1. The van der Waals surface area contributed by atoms with Crippen LogP contribution < -0.4 is 5.32 Å². The standard InChI is InChI=1S/C21H30N4O12/c1-9(26)32-8-12(33-10(2)27)15(34-11(3)28)16-13(23-19(30)37-20(4,5)6)14(24-25-22)17-21(35-16,36-17)18(29)31-7/h12-17H,8H2,1-7H3,(H,23,30)/t12-,13-,14-,15-,16-,17+,21-/m1/s1. The van der Waals surface area contributed by atoms with Gasteiger partial charge in [0.2, 0.25) is 0 Å². The topological polar surface area (TPSA) is 214 Å². The maximum atomic E-state index is 12.7. The first-order chi connectivity index (χ1) is 17.1. The molecule has 37 heavy (non-hydrogen) atoms. The number of epoxide rings is 1. The van der Waals surface area contributed by atoms with Gasteiger partial charge in [0.05, 0.1) is 19.2 Å². The molecule has 0 aromatic carbocycles. The minimum Gasteiger partial charge on any atom is -0.465 e. The molecule has 0 aromatic heterocycles. The van der Waals surface area contributed by atoms with E-state index in [9.17, 15) is 29.5 Å². The number of nitrogens with zero attached hydrogens (tertiary/aromatic N) is 3. The fraction of sp³-hybridized carbons (Fsp3) is 0.762. The zero-order valence-electron chi connectivity index (χ0n) is 21.4. The van der Waals surface area contributed by atoms with Gasteiger partial charge in [0, 0.05) is 25.7 Å². The van der Waals surface area contributed by atoms with Crippen LogP contribution in [0, 0.1) is 0 Å². The van der Waals surface area contributed by atoms with Crippen molar-refractivity contribution in [1.29, 1.82) is 0 Å². The van der Waals surface area contributed by atoms with Crippen molar-refractivity contribution in [2.24, 2.45) is 5.11 Å². The van der Waals surface area contributed by atoms with Crippen molar-refractivity contribution in [3.05, 3.63) is 10.4 Å². The molecule has 2 aliphatic heterocycles. The van der Waals surface area contributed by atoms with E-state index in [4.69, 9.17) is 33.2 Å². The SMILES string of the molecule is COC(=O)[C@@]12O[C@@H]([C@H](OC(C)=O)[C@@H](COC(C)=O)OC(C)=O)[C@H](NC(=O)OC(C)(C)C)[C@@H](N=[N+]=[N-])[C@@H]1O2. The third-order valence-corrected chi connectivity index (χ3v) is 5.06. The normalized spacial score (nSPS) is 27.6. The maximum absolute atomic E-state index is 12.7. The third-order valence-electron chi connectivity index (χ3n) is 5.06. The van der Waals surface area contributed by atoms with Gasteiger partial charge in [-0.05, 0) is 26.3 Å². The molecule has 0 aliphatic carbocycles. The summed E-state index contributed by atoms with van der Waals surface area (Å²) >= 11 is 0. The van der Waals surface area contributed by atoms with Gasteiger partial charge in [-0.3, -0.25) is 14.4 Å². The number of hydrogen-bond acceptors (Lipinski definition) is 13. The predicted molar refractivity (Wildman–Crippen MR) is 118 cm³/mol. The van der Waals surface area contributed by atoms with Crippen LogP contribution in [0.3, 0.4) is 0 Å². The summed E-state index contributed by atoms with van der Waals surface area (Å²) in [5.74, 6) is -5.53. The Bertz CT molecular complexity index is 975. The first kappa shape index (κ1) is 29.6. The highest BCUT2D eigenvalue weighted by molar-refractivity contribution is 5.82. The number of rotatable bonds is 9. The quantitative estimate of drug-likeness (QED) is 0.109. The van der Waals surface area contributed by atoms with Crippen molar-refractivity contribution >= 4 is 30.0 Å². The molecule has 2 saturated heterocycles. The molecule has 0 saturated carbocycles. The van der Waals surface area contributed by atoms with Gasteiger partial charge in [0.15, 0.2) is 12.2 Å². The van der Waals surface area contributed by atoms with Crippen LogP contribution in [0.5, 0.6) is 0 Å². The number of azide groups is 1. The van der Waals surface area contributed by atoms with Crippen LogP contribution in [0.25, 0.3) is 10.4 Å². The van der Waals surface area contributed by atoms with Crippen LogP contribution in [0.4, 0.5) is 4.79 Å². The van der Waals surface area contributed by atoms with Crippen molar-refractivity contribution in [3.63, 3.8) is 0 Å². The zero-order valence-corrected chi connectivity index (χ0v) is 21.4. The van der Waals surface area contributed by atoms with E-state index in [1.54, 1.807) is 20.8 Å². The molecule has 2 fully saturated rings. The van der Waals surface area contributed by atoms with Crippen LogP contribution in [0.1, 0.15) is 41.5 Å². The number of esters is 4. The summed E-state index contributed by atoms with van der Waals surface area (Å²) in [6.07, 6.45) is -6.81. The second-order valence-corrected chi connectivity index (χ2v) is 9.17. The Hall–Kier alpha value is -3.62. The minimum absolute atomic E-state index is 0.590. The summed E-state index contributed by atoms with van der Waals surface area (Å²) in [5, 5.41) is 6.16. The van der Waals surface area contributed by atoms with Crippen LogP contribution >= 0.6 is 0 Å². The van der Waals surface area contributed by atoms with E-state index in [0.29, 0.717) is 0 Å². The van der Waals surface area contributed by atoms with Gasteiger partial charge in [0.25, 0.3) is 5.79 Å². The molecule has 16 heteroatoms. The van der Waals surface area contributed by atoms with Crippen molar-refractivity contribution in [2.75, 3.05) is 13.7 Å². The highest BCUT2D eigenvalue weighted by Crippen LogP contribution is 2.49. The van der Waals surface area contributed by atoms with E-state index in [0.717, 1.165) is 27.9 Å². The largest absolute Gasteiger partial charge is 0.465 e. The second kappa shape index (κ2) is 11.6. The highest BCUT2D eigenvalue weighted by atomic mass is 16.8. The lowest BCUT2D eigenvalue weighted by atomic mass is 9.88. The number of nitrogens with one attached hydrogen (secondary N) is 1. The van der Waals surface area contributed by atoms with Gasteiger partial charge in [-0.1, -0.05) is 5.11 Å². The Morgan fingerprint density at radius 1 is 1.05 bits per heavy atom. The van der Waals surface area contributed by atoms with Crippen molar-refractivity contribution < 1.29 is 57.1 Å². The summed E-state index contributed by atoms with van der Waals surface area (Å²) in [7, 11) is 1.06. The fourth-order valence-corrected chi connectivity index (χ4v) is 3.79. The average molecular weight is 530 g/mol. The first-order valence-electron chi connectivity index (χ1n) is 11.1. The molecule has 1 amide bonds. The summed E-state index contributed by atoms with van der Waals surface area (Å²) in [4.78, 5) is 63.4. The number of fused-ring (bicyclic) bond motifs is 1. The van der Waals surface area contributed by atoms with Gasteiger partial charge < -0.3 is 38.5 Å². The van der Waals surface area contributed by atoms with Crippen LogP contribution in [-0.4, -0.2) is 91.6 Å². The lowest BCUT2D eigenvalue weighted by Crippen LogP contribution is -2.66. The molecule has 1 N–H and O–H groups in total. The van der Waals surface area contributed by atoms with Gasteiger partial charge in [-0.2, -0.15) is 0 Å². The molecule has 0 bridgehead atoms. The zero-order chi connectivity index (χ0) is 28.1. The number of methoxy groups -OCH3 is 1. The molecule has 206 valence electrons. The van der Waals surface area contributed by atoms with E-state index in [1.807, 2.05) is 0 Å². The van der Waals surface area contributed by atoms with Crippen molar-refractivity contribution in [3.8, 4) is 0 Å². The number of carbonyl (C=O) groups excluding carboxylic acids is 5. The molecule has 2 rings (SSSR count). The van der Waals surface area contributed by atoms with Crippen LogP contribution in [0.15, 0.2) is 5.11 Å². The van der Waals surface area contributed by atoms with Gasteiger partial charge in [0.1, 0.15) is 24.4 Å². The van der Waals surface area contributed by atoms with Crippen LogP contribution in [-0.2, 0) is 52.3 Å². The molecular weight excluding hydrogens is 500 g/mol. The van der Waals surface area contributed by atoms with E-state index in [2.05, 4.69) is 15.3 Å². The summed E-state index contributed by atoms with van der Waals surface area (Å²) < 4.78 is 37.0. The number of ether oxygens (including phenoxy) is 7. The Morgan fingerprint density at radius 2 is 1.68 bits per heavy atom. The van der Waals surface area contributed by atoms with E-state index >= 15 is 0 Å². The Balaban J connectivity index is 2.61. The second-order valence-electron chi connectivity index (χ2n) is 9.17. The Kier molecular flexibility index (Phi) is 9.30. The van der Waals surface area contributed by atoms with Crippen molar-refractivity contribution in [1.82, 2.24) is 5.32 Å². The third kappa shape index (κ3) is 7.44. The molecule has 7 atom stereocenters. The number of alkyl carbamates (subject to hydrolysis) is 1. The molecule has 0 radical (unpaired) electrons. The van der Waals surface area contributed by atoms with Gasteiger partial charge in [-0.25, -0.2) is 9.59 Å². The summed E-state index contributed by atoms with van der Waals surface area (Å²) in [6.45, 7) is 7.43. The maximum Gasteiger partial charge on any atom is 0.407 e. The lowest BCUT2D eigenvalue weighted by molar-refractivity contribution is -0.215.